The Hall–Kier alpha value is -3.08. The van der Waals surface area contributed by atoms with Crippen LogP contribution in [0.25, 0.3) is 5.57 Å². The Balaban J connectivity index is 1.76. The summed E-state index contributed by atoms with van der Waals surface area (Å²) in [6.07, 6.45) is 0. The average Bonchev–Trinajstić information content (AvgIpc) is 2.84. The van der Waals surface area contributed by atoms with Crippen LogP contribution in [0.4, 0.5) is 16.2 Å². The van der Waals surface area contributed by atoms with Gasteiger partial charge in [-0.15, -0.1) is 0 Å². The standard InChI is InChI=1S/C23H27N3O2/c1-14(2)15-8-7-9-16(12-15)23(5,6)26-21(28)24-17-10-11-19-18(13-17)22(3,4)20(27)25-19/h7-13H,1H2,2-6H3,(H,25,27)(H2,24,26,28). The van der Waals surface area contributed by atoms with Gasteiger partial charge < -0.3 is 16.0 Å². The summed E-state index contributed by atoms with van der Waals surface area (Å²) in [7, 11) is 0. The zero-order valence-corrected chi connectivity index (χ0v) is 17.1. The second kappa shape index (κ2) is 6.82. The SMILES string of the molecule is C=C(C)c1cccc(C(C)(C)NC(=O)Nc2ccc3c(c2)C(C)(C)C(=O)N3)c1. The molecule has 3 N–H and O–H groups in total. The molecule has 0 spiro atoms. The van der Waals surface area contributed by atoms with Crippen molar-refractivity contribution in [1.29, 1.82) is 0 Å². The molecule has 1 aliphatic heterocycles. The van der Waals surface area contributed by atoms with Gasteiger partial charge in [-0.1, -0.05) is 30.4 Å². The van der Waals surface area contributed by atoms with E-state index in [1.807, 2.05) is 71.0 Å². The van der Waals surface area contributed by atoms with Crippen molar-refractivity contribution in [2.45, 2.75) is 45.6 Å². The number of benzene rings is 2. The van der Waals surface area contributed by atoms with Gasteiger partial charge in [0.15, 0.2) is 0 Å². The van der Waals surface area contributed by atoms with Crippen LogP contribution >= 0.6 is 0 Å². The smallest absolute Gasteiger partial charge is 0.319 e. The molecule has 0 aromatic heterocycles. The van der Waals surface area contributed by atoms with Gasteiger partial charge in [0.2, 0.25) is 5.91 Å². The Bertz CT molecular complexity index is 974. The predicted molar refractivity (Wildman–Crippen MR) is 114 cm³/mol. The highest BCUT2D eigenvalue weighted by atomic mass is 16.2. The van der Waals surface area contributed by atoms with E-state index in [2.05, 4.69) is 22.5 Å². The average molecular weight is 377 g/mol. The van der Waals surface area contributed by atoms with Gasteiger partial charge in [0, 0.05) is 11.4 Å². The number of allylic oxidation sites excluding steroid dienone is 1. The predicted octanol–water partition coefficient (Wildman–Crippen LogP) is 5.01. The number of carbonyl (C=O) groups excluding carboxylic acids is 2. The molecule has 2 aromatic rings. The molecule has 0 saturated heterocycles. The Morgan fingerprint density at radius 3 is 2.54 bits per heavy atom. The highest BCUT2D eigenvalue weighted by Crippen LogP contribution is 2.38. The summed E-state index contributed by atoms with van der Waals surface area (Å²) in [6, 6.07) is 13.1. The Morgan fingerprint density at radius 2 is 1.86 bits per heavy atom. The van der Waals surface area contributed by atoms with Gasteiger partial charge in [0.1, 0.15) is 0 Å². The van der Waals surface area contributed by atoms with Crippen molar-refractivity contribution < 1.29 is 9.59 Å². The van der Waals surface area contributed by atoms with Crippen LogP contribution in [0.3, 0.4) is 0 Å². The number of amides is 3. The van der Waals surface area contributed by atoms with Crippen molar-refractivity contribution in [2.24, 2.45) is 0 Å². The lowest BCUT2D eigenvalue weighted by molar-refractivity contribution is -0.119. The van der Waals surface area contributed by atoms with Crippen molar-refractivity contribution >= 4 is 28.9 Å². The fraction of sp³-hybridized carbons (Fsp3) is 0.304. The molecule has 0 atom stereocenters. The fourth-order valence-corrected chi connectivity index (χ4v) is 3.34. The molecule has 0 fully saturated rings. The van der Waals surface area contributed by atoms with E-state index in [1.54, 1.807) is 6.07 Å². The van der Waals surface area contributed by atoms with Crippen LogP contribution in [0.1, 0.15) is 51.3 Å². The zero-order valence-electron chi connectivity index (χ0n) is 17.1. The first-order chi connectivity index (χ1) is 13.0. The Labute approximate surface area is 166 Å². The topological polar surface area (TPSA) is 70.2 Å². The van der Waals surface area contributed by atoms with Crippen molar-refractivity contribution in [2.75, 3.05) is 10.6 Å². The molecule has 3 amide bonds. The summed E-state index contributed by atoms with van der Waals surface area (Å²) in [5.74, 6) is -0.0392. The van der Waals surface area contributed by atoms with Crippen LogP contribution < -0.4 is 16.0 Å². The third-order valence-electron chi connectivity index (χ3n) is 5.27. The number of rotatable bonds is 4. The van der Waals surface area contributed by atoms with Crippen LogP contribution in [0, 0.1) is 0 Å². The van der Waals surface area contributed by atoms with Gasteiger partial charge in [-0.2, -0.15) is 0 Å². The van der Waals surface area contributed by atoms with Crippen LogP contribution in [0.2, 0.25) is 0 Å². The van der Waals surface area contributed by atoms with Crippen molar-refractivity contribution in [3.8, 4) is 0 Å². The molecule has 1 aliphatic rings. The molecule has 0 aliphatic carbocycles. The fourth-order valence-electron chi connectivity index (χ4n) is 3.34. The van der Waals surface area contributed by atoms with E-state index < -0.39 is 11.0 Å². The minimum atomic E-state index is -0.619. The molecular formula is C23H27N3O2. The van der Waals surface area contributed by atoms with Gasteiger partial charge >= 0.3 is 6.03 Å². The minimum Gasteiger partial charge on any atom is -0.329 e. The third-order valence-corrected chi connectivity index (χ3v) is 5.27. The number of anilines is 2. The quantitative estimate of drug-likeness (QED) is 0.701. The summed E-state index contributed by atoms with van der Waals surface area (Å²) in [6.45, 7) is 13.6. The molecule has 146 valence electrons. The maximum absolute atomic E-state index is 12.6. The van der Waals surface area contributed by atoms with Crippen LogP contribution in [-0.4, -0.2) is 11.9 Å². The van der Waals surface area contributed by atoms with Crippen LogP contribution in [-0.2, 0) is 15.7 Å². The highest BCUT2D eigenvalue weighted by molar-refractivity contribution is 6.06. The number of nitrogens with one attached hydrogen (secondary N) is 3. The number of urea groups is 1. The second-order valence-corrected chi connectivity index (χ2v) is 8.40. The highest BCUT2D eigenvalue weighted by Gasteiger charge is 2.38. The Kier molecular flexibility index (Phi) is 4.79. The number of fused-ring (bicyclic) bond motifs is 1. The monoisotopic (exact) mass is 377 g/mol. The Morgan fingerprint density at radius 1 is 1.14 bits per heavy atom. The largest absolute Gasteiger partial charge is 0.329 e. The number of hydrogen-bond donors (Lipinski definition) is 3. The van der Waals surface area contributed by atoms with Crippen LogP contribution in [0.15, 0.2) is 49.0 Å². The molecule has 0 radical (unpaired) electrons. The van der Waals surface area contributed by atoms with E-state index in [-0.39, 0.29) is 11.9 Å². The molecule has 2 aromatic carbocycles. The van der Waals surface area contributed by atoms with Gasteiger partial charge in [-0.25, -0.2) is 4.79 Å². The number of carbonyl (C=O) groups is 2. The molecule has 3 rings (SSSR count). The maximum Gasteiger partial charge on any atom is 0.319 e. The molecular weight excluding hydrogens is 350 g/mol. The lowest BCUT2D eigenvalue weighted by Gasteiger charge is -2.27. The first-order valence-electron chi connectivity index (χ1n) is 9.32. The second-order valence-electron chi connectivity index (χ2n) is 8.40. The third kappa shape index (κ3) is 3.65. The van der Waals surface area contributed by atoms with Gasteiger partial charge in [-0.3, -0.25) is 4.79 Å². The molecule has 0 bridgehead atoms. The molecule has 5 heteroatoms. The first kappa shape index (κ1) is 19.7. The van der Waals surface area contributed by atoms with E-state index in [4.69, 9.17) is 0 Å². The summed E-state index contributed by atoms with van der Waals surface area (Å²) in [5.41, 5.74) is 4.15. The maximum atomic E-state index is 12.6. The van der Waals surface area contributed by atoms with Crippen molar-refractivity contribution in [3.05, 3.63) is 65.7 Å². The van der Waals surface area contributed by atoms with Crippen molar-refractivity contribution in [3.63, 3.8) is 0 Å². The molecule has 1 heterocycles. The molecule has 5 nitrogen and oxygen atoms in total. The van der Waals surface area contributed by atoms with Gasteiger partial charge in [0.05, 0.1) is 11.0 Å². The van der Waals surface area contributed by atoms with Gasteiger partial charge in [-0.05, 0) is 75.6 Å². The van der Waals surface area contributed by atoms with E-state index in [9.17, 15) is 9.59 Å². The van der Waals surface area contributed by atoms with E-state index >= 15 is 0 Å². The minimum absolute atomic E-state index is 0.0392. The summed E-state index contributed by atoms with van der Waals surface area (Å²) in [5, 5.41) is 8.77. The summed E-state index contributed by atoms with van der Waals surface area (Å²) >= 11 is 0. The van der Waals surface area contributed by atoms with Gasteiger partial charge in [0.25, 0.3) is 0 Å². The summed E-state index contributed by atoms with van der Waals surface area (Å²) in [4.78, 5) is 24.7. The lowest BCUT2D eigenvalue weighted by Crippen LogP contribution is -2.43. The molecule has 28 heavy (non-hydrogen) atoms. The van der Waals surface area contributed by atoms with Crippen LogP contribution in [0.5, 0.6) is 0 Å². The molecule has 0 saturated carbocycles. The first-order valence-corrected chi connectivity index (χ1v) is 9.32. The molecule has 0 unspecified atom stereocenters. The van der Waals surface area contributed by atoms with E-state index in [0.29, 0.717) is 5.69 Å². The zero-order chi connectivity index (χ0) is 20.7. The number of hydrogen-bond acceptors (Lipinski definition) is 2. The van der Waals surface area contributed by atoms with E-state index in [0.717, 1.165) is 28.0 Å². The van der Waals surface area contributed by atoms with Crippen molar-refractivity contribution in [1.82, 2.24) is 5.32 Å². The summed E-state index contributed by atoms with van der Waals surface area (Å²) < 4.78 is 0. The van der Waals surface area contributed by atoms with E-state index in [1.165, 1.54) is 0 Å². The lowest BCUT2D eigenvalue weighted by atomic mass is 9.86. The normalized spacial score (nSPS) is 14.8.